The molecule has 0 heterocycles. The predicted octanol–water partition coefficient (Wildman–Crippen LogP) is 11.1. The van der Waals surface area contributed by atoms with E-state index in [1.165, 1.54) is 96.3 Å². The van der Waals surface area contributed by atoms with Crippen LogP contribution in [0.15, 0.2) is 11.6 Å². The van der Waals surface area contributed by atoms with Gasteiger partial charge in [0.1, 0.15) is 6.10 Å². The molecule has 4 aliphatic rings. The molecule has 0 bridgehead atoms. The Morgan fingerprint density at radius 3 is 2.38 bits per heavy atom. The summed E-state index contributed by atoms with van der Waals surface area (Å²) in [7, 11) is 0. The van der Waals surface area contributed by atoms with Gasteiger partial charge in [-0.1, -0.05) is 111 Å². The zero-order valence-electron chi connectivity index (χ0n) is 26.9. The summed E-state index contributed by atoms with van der Waals surface area (Å²) in [6.45, 7) is 14.9. The van der Waals surface area contributed by atoms with Gasteiger partial charge in [0, 0.05) is 12.8 Å². The third kappa shape index (κ3) is 7.17. The van der Waals surface area contributed by atoms with Crippen molar-refractivity contribution in [3.8, 4) is 0 Å². The first-order chi connectivity index (χ1) is 18.7. The van der Waals surface area contributed by atoms with Crippen LogP contribution in [0.4, 0.5) is 0 Å². The molecule has 8 atom stereocenters. The summed E-state index contributed by atoms with van der Waals surface area (Å²) >= 11 is 0. The summed E-state index contributed by atoms with van der Waals surface area (Å²) in [5, 5.41) is 0. The predicted molar refractivity (Wildman–Crippen MR) is 166 cm³/mol. The lowest BCUT2D eigenvalue weighted by atomic mass is 9.47. The first-order valence-electron chi connectivity index (χ1n) is 17.6. The number of rotatable bonds is 14. The molecule has 2 nitrogen and oxygen atoms in total. The molecule has 0 saturated heterocycles. The van der Waals surface area contributed by atoms with E-state index < -0.39 is 0 Å². The zero-order chi connectivity index (χ0) is 28.0. The molecule has 0 aromatic carbocycles. The van der Waals surface area contributed by atoms with Crippen molar-refractivity contribution in [3.63, 3.8) is 0 Å². The molecular weight excluding hydrogens is 476 g/mol. The van der Waals surface area contributed by atoms with Gasteiger partial charge >= 0.3 is 5.97 Å². The third-order valence-corrected chi connectivity index (χ3v) is 12.5. The molecule has 3 fully saturated rings. The molecular formula is C37H64O2. The van der Waals surface area contributed by atoms with Gasteiger partial charge in [0.2, 0.25) is 0 Å². The first-order valence-corrected chi connectivity index (χ1v) is 17.6. The molecule has 0 aromatic rings. The van der Waals surface area contributed by atoms with Gasteiger partial charge in [0.05, 0.1) is 0 Å². The highest BCUT2D eigenvalue weighted by Gasteiger charge is 2.59. The number of carbonyl (C=O) groups excluding carboxylic acids is 1. The summed E-state index contributed by atoms with van der Waals surface area (Å²) in [5.41, 5.74) is 2.54. The van der Waals surface area contributed by atoms with Crippen LogP contribution in [0, 0.1) is 46.3 Å². The van der Waals surface area contributed by atoms with Crippen LogP contribution in [-0.4, -0.2) is 12.1 Å². The topological polar surface area (TPSA) is 26.3 Å². The summed E-state index contributed by atoms with van der Waals surface area (Å²) in [4.78, 5) is 12.6. The van der Waals surface area contributed by atoms with Gasteiger partial charge in [0.15, 0.2) is 0 Å². The molecule has 0 N–H and O–H groups in total. The number of allylic oxidation sites excluding steroid dienone is 1. The zero-order valence-corrected chi connectivity index (χ0v) is 26.9. The quantitative estimate of drug-likeness (QED) is 0.124. The number of carbonyl (C=O) groups is 1. The second-order valence-corrected chi connectivity index (χ2v) is 15.5. The Kier molecular flexibility index (Phi) is 11.1. The number of hydrogen-bond donors (Lipinski definition) is 0. The van der Waals surface area contributed by atoms with Crippen LogP contribution in [0.3, 0.4) is 0 Å². The number of fused-ring (bicyclic) bond motifs is 5. The van der Waals surface area contributed by atoms with Crippen molar-refractivity contribution < 1.29 is 9.53 Å². The lowest BCUT2D eigenvalue weighted by Gasteiger charge is -2.58. The smallest absolute Gasteiger partial charge is 0.306 e. The number of hydrogen-bond acceptors (Lipinski definition) is 2. The molecule has 0 aliphatic heterocycles. The summed E-state index contributed by atoms with van der Waals surface area (Å²) in [5.74, 6) is 5.34. The third-order valence-electron chi connectivity index (χ3n) is 12.5. The highest BCUT2D eigenvalue weighted by atomic mass is 16.5. The second kappa shape index (κ2) is 13.9. The average Bonchev–Trinajstić information content (AvgIpc) is 3.25. The van der Waals surface area contributed by atoms with Gasteiger partial charge in [-0.25, -0.2) is 0 Å². The van der Waals surface area contributed by atoms with Crippen molar-refractivity contribution in [1.29, 1.82) is 0 Å². The van der Waals surface area contributed by atoms with E-state index in [0.717, 1.165) is 54.8 Å². The molecule has 0 unspecified atom stereocenters. The van der Waals surface area contributed by atoms with Crippen molar-refractivity contribution >= 4 is 5.97 Å². The minimum Gasteiger partial charge on any atom is -0.462 e. The lowest BCUT2D eigenvalue weighted by Crippen LogP contribution is -2.51. The molecule has 4 aliphatic carbocycles. The van der Waals surface area contributed by atoms with E-state index in [0.29, 0.717) is 17.3 Å². The standard InChI is InChI=1S/C37H64O2/c1-7-8-9-10-11-12-13-17-35(38)39-30-22-24-36(5)29(26-30)18-19-31-33-21-20-32(28(4)16-14-15-27(2)3)37(33,6)25-23-34(31)36/h18,27-28,30-34H,7-17,19-26H2,1-6H3/t28-,30+,31+,32-,33+,34+,36+,37-/m1/s1. The van der Waals surface area contributed by atoms with E-state index in [1.807, 2.05) is 0 Å². The van der Waals surface area contributed by atoms with Gasteiger partial charge in [-0.15, -0.1) is 0 Å². The Hall–Kier alpha value is -0.790. The van der Waals surface area contributed by atoms with Crippen LogP contribution < -0.4 is 0 Å². The van der Waals surface area contributed by atoms with E-state index in [-0.39, 0.29) is 12.1 Å². The maximum absolute atomic E-state index is 12.6. The van der Waals surface area contributed by atoms with E-state index >= 15 is 0 Å². The van der Waals surface area contributed by atoms with Gasteiger partial charge < -0.3 is 4.74 Å². The van der Waals surface area contributed by atoms with E-state index in [2.05, 4.69) is 47.6 Å². The van der Waals surface area contributed by atoms with Crippen LogP contribution in [-0.2, 0) is 9.53 Å². The first kappa shape index (κ1) is 31.2. The largest absolute Gasteiger partial charge is 0.462 e. The van der Waals surface area contributed by atoms with Crippen LogP contribution in [0.25, 0.3) is 0 Å². The Morgan fingerprint density at radius 1 is 0.897 bits per heavy atom. The monoisotopic (exact) mass is 540 g/mol. The Morgan fingerprint density at radius 2 is 1.64 bits per heavy atom. The van der Waals surface area contributed by atoms with Gasteiger partial charge in [-0.2, -0.15) is 0 Å². The van der Waals surface area contributed by atoms with Gasteiger partial charge in [-0.05, 0) is 97.7 Å². The number of esters is 1. The van der Waals surface area contributed by atoms with Gasteiger partial charge in [0.25, 0.3) is 0 Å². The van der Waals surface area contributed by atoms with Crippen molar-refractivity contribution in [2.24, 2.45) is 46.3 Å². The molecule has 3 saturated carbocycles. The molecule has 0 amide bonds. The average molecular weight is 541 g/mol. The molecule has 0 aromatic heterocycles. The van der Waals surface area contributed by atoms with E-state index in [4.69, 9.17) is 4.74 Å². The molecule has 0 spiro atoms. The minimum absolute atomic E-state index is 0.0550. The van der Waals surface area contributed by atoms with E-state index in [9.17, 15) is 4.79 Å². The molecule has 224 valence electrons. The maximum Gasteiger partial charge on any atom is 0.306 e. The molecule has 0 radical (unpaired) electrons. The second-order valence-electron chi connectivity index (χ2n) is 15.5. The van der Waals surface area contributed by atoms with Crippen LogP contribution in [0.1, 0.15) is 164 Å². The number of ether oxygens (including phenoxy) is 1. The Balaban J connectivity index is 1.29. The fourth-order valence-electron chi connectivity index (χ4n) is 10.2. The normalized spacial score (nSPS) is 36.6. The maximum atomic E-state index is 12.6. The van der Waals surface area contributed by atoms with E-state index in [1.54, 1.807) is 5.57 Å². The molecule has 4 rings (SSSR count). The highest BCUT2D eigenvalue weighted by Crippen LogP contribution is 2.67. The minimum atomic E-state index is 0.0550. The summed E-state index contributed by atoms with van der Waals surface area (Å²) in [6, 6.07) is 0. The lowest BCUT2D eigenvalue weighted by molar-refractivity contribution is -0.151. The number of unbranched alkanes of at least 4 members (excludes halogenated alkanes) is 6. The Labute approximate surface area is 242 Å². The van der Waals surface area contributed by atoms with Crippen LogP contribution >= 0.6 is 0 Å². The Bertz CT molecular complexity index is 812. The van der Waals surface area contributed by atoms with Crippen molar-refractivity contribution in [2.45, 2.75) is 170 Å². The van der Waals surface area contributed by atoms with Gasteiger partial charge in [-0.3, -0.25) is 4.79 Å². The van der Waals surface area contributed by atoms with Crippen LogP contribution in [0.2, 0.25) is 0 Å². The van der Waals surface area contributed by atoms with Crippen LogP contribution in [0.5, 0.6) is 0 Å². The van der Waals surface area contributed by atoms with Crippen molar-refractivity contribution in [3.05, 3.63) is 11.6 Å². The molecule has 2 heteroatoms. The SMILES string of the molecule is CCCCCCCCCC(=O)O[C@H]1CC[C@@]2(C)C(=CC[C@H]3[C@@H]4CC[C@H]([C@H](C)CCCC(C)C)[C@@]4(C)CC[C@@H]32)C1. The van der Waals surface area contributed by atoms with Crippen molar-refractivity contribution in [2.75, 3.05) is 0 Å². The van der Waals surface area contributed by atoms with Crippen molar-refractivity contribution in [1.82, 2.24) is 0 Å². The fourth-order valence-corrected chi connectivity index (χ4v) is 10.2. The summed E-state index contributed by atoms with van der Waals surface area (Å²) in [6.07, 6.45) is 26.7. The fraction of sp³-hybridized carbons (Fsp3) is 0.919. The molecule has 39 heavy (non-hydrogen) atoms. The highest BCUT2D eigenvalue weighted by molar-refractivity contribution is 5.69. The summed E-state index contributed by atoms with van der Waals surface area (Å²) < 4.78 is 6.06.